The number of nitrogens with one attached hydrogen (secondary N) is 1. The van der Waals surface area contributed by atoms with Gasteiger partial charge in [0.15, 0.2) is 5.16 Å². The van der Waals surface area contributed by atoms with Gasteiger partial charge in [-0.15, -0.1) is 5.10 Å². The van der Waals surface area contributed by atoms with Gasteiger partial charge < -0.3 is 5.11 Å². The third kappa shape index (κ3) is 2.57. The summed E-state index contributed by atoms with van der Waals surface area (Å²) < 4.78 is 1.68. The van der Waals surface area contributed by atoms with Crippen molar-refractivity contribution in [1.29, 1.82) is 0 Å². The lowest BCUT2D eigenvalue weighted by Crippen LogP contribution is -2.16. The Morgan fingerprint density at radius 1 is 1.58 bits per heavy atom. The van der Waals surface area contributed by atoms with Crippen molar-refractivity contribution in [1.82, 2.24) is 19.7 Å². The van der Waals surface area contributed by atoms with Crippen LogP contribution in [0, 0.1) is 0 Å². The average molecular weight is 278 g/mol. The van der Waals surface area contributed by atoms with Crippen molar-refractivity contribution >= 4 is 11.8 Å². The molecule has 2 heterocycles. The fraction of sp³-hybridized carbons (Fsp3) is 0.417. The van der Waals surface area contributed by atoms with Crippen molar-refractivity contribution in [2.24, 2.45) is 0 Å². The van der Waals surface area contributed by atoms with Crippen LogP contribution < -0.4 is 5.69 Å². The Hall–Kier alpha value is -1.60. The van der Waals surface area contributed by atoms with Gasteiger partial charge >= 0.3 is 5.69 Å². The number of rotatable bonds is 4. The molecule has 3 rings (SSSR count). The van der Waals surface area contributed by atoms with Gasteiger partial charge in [0.1, 0.15) is 5.03 Å². The highest BCUT2D eigenvalue weighted by molar-refractivity contribution is 7.99. The highest BCUT2D eigenvalue weighted by Crippen LogP contribution is 2.37. The third-order valence-electron chi connectivity index (χ3n) is 3.02. The smallest absolute Gasteiger partial charge is 0.344 e. The first-order chi connectivity index (χ1) is 9.15. The maximum Gasteiger partial charge on any atom is 0.344 e. The summed E-state index contributed by atoms with van der Waals surface area (Å²) in [5, 5.41) is 17.4. The number of hydrogen-bond donors (Lipinski definition) is 2. The van der Waals surface area contributed by atoms with E-state index in [1.807, 2.05) is 6.07 Å². The number of aromatic nitrogens is 4. The summed E-state index contributed by atoms with van der Waals surface area (Å²) in [4.78, 5) is 15.9. The Bertz CT molecular complexity index is 645. The van der Waals surface area contributed by atoms with Gasteiger partial charge in [0, 0.05) is 12.2 Å². The second-order valence-electron chi connectivity index (χ2n) is 4.62. The van der Waals surface area contributed by atoms with Crippen LogP contribution in [0.25, 0.3) is 0 Å². The van der Waals surface area contributed by atoms with Crippen molar-refractivity contribution in [3.05, 3.63) is 34.4 Å². The number of nitrogens with zero attached hydrogens (tertiary/aromatic N) is 3. The number of aliphatic hydroxyl groups is 1. The molecule has 0 amide bonds. The highest BCUT2D eigenvalue weighted by atomic mass is 32.2. The van der Waals surface area contributed by atoms with E-state index in [-0.39, 0.29) is 11.7 Å². The molecule has 1 saturated carbocycles. The lowest BCUT2D eigenvalue weighted by Gasteiger charge is -2.06. The summed E-state index contributed by atoms with van der Waals surface area (Å²) in [7, 11) is 0. The Kier molecular flexibility index (Phi) is 3.16. The Labute approximate surface area is 113 Å². The summed E-state index contributed by atoms with van der Waals surface area (Å²) in [6.45, 7) is 1.71. The van der Waals surface area contributed by atoms with E-state index in [2.05, 4.69) is 15.2 Å². The number of H-pyrrole nitrogens is 1. The second-order valence-corrected chi connectivity index (χ2v) is 5.61. The van der Waals surface area contributed by atoms with E-state index in [4.69, 9.17) is 0 Å². The fourth-order valence-corrected chi connectivity index (χ4v) is 2.77. The van der Waals surface area contributed by atoms with E-state index in [9.17, 15) is 9.90 Å². The van der Waals surface area contributed by atoms with Gasteiger partial charge in [-0.05, 0) is 49.2 Å². The Morgan fingerprint density at radius 2 is 2.37 bits per heavy atom. The first-order valence-corrected chi connectivity index (χ1v) is 6.95. The maximum absolute atomic E-state index is 11.7. The number of aromatic amines is 1. The van der Waals surface area contributed by atoms with Gasteiger partial charge in [-0.2, -0.15) is 0 Å². The van der Waals surface area contributed by atoms with Crippen LogP contribution in [0.5, 0.6) is 0 Å². The standard InChI is InChI=1S/C12H14N4O2S/c1-7(17)8-4-5-13-10(6-8)19-12-15-14-11(18)16(12)9-2-3-9/h4-7,9,17H,2-3H2,1H3,(H,14,18)/t7-/m1/s1. The zero-order valence-electron chi connectivity index (χ0n) is 10.4. The lowest BCUT2D eigenvalue weighted by atomic mass is 10.2. The van der Waals surface area contributed by atoms with Crippen molar-refractivity contribution in [3.8, 4) is 0 Å². The molecule has 0 spiro atoms. The molecule has 0 aliphatic heterocycles. The van der Waals surface area contributed by atoms with E-state index in [1.165, 1.54) is 11.8 Å². The molecular formula is C12H14N4O2S. The molecule has 2 aromatic rings. The molecule has 19 heavy (non-hydrogen) atoms. The Balaban J connectivity index is 1.89. The fourth-order valence-electron chi connectivity index (χ4n) is 1.85. The third-order valence-corrected chi connectivity index (χ3v) is 3.92. The molecular weight excluding hydrogens is 264 g/mol. The number of aliphatic hydroxyl groups excluding tert-OH is 1. The second kappa shape index (κ2) is 4.82. The molecule has 0 radical (unpaired) electrons. The number of hydrogen-bond acceptors (Lipinski definition) is 5. The molecule has 2 N–H and O–H groups in total. The van der Waals surface area contributed by atoms with E-state index < -0.39 is 6.10 Å². The zero-order chi connectivity index (χ0) is 13.4. The molecule has 1 aliphatic rings. The predicted molar refractivity (Wildman–Crippen MR) is 70.1 cm³/mol. The topological polar surface area (TPSA) is 83.8 Å². The van der Waals surface area contributed by atoms with E-state index in [0.717, 1.165) is 23.4 Å². The summed E-state index contributed by atoms with van der Waals surface area (Å²) in [5.74, 6) is 0. The molecule has 2 aromatic heterocycles. The van der Waals surface area contributed by atoms with Gasteiger partial charge in [0.25, 0.3) is 0 Å². The summed E-state index contributed by atoms with van der Waals surface area (Å²) in [6, 6.07) is 3.85. The molecule has 0 bridgehead atoms. The highest BCUT2D eigenvalue weighted by Gasteiger charge is 2.28. The van der Waals surface area contributed by atoms with Crippen molar-refractivity contribution in [2.45, 2.75) is 42.1 Å². The van der Waals surface area contributed by atoms with Crippen LogP contribution in [-0.4, -0.2) is 24.9 Å². The number of pyridine rings is 1. The largest absolute Gasteiger partial charge is 0.389 e. The van der Waals surface area contributed by atoms with Gasteiger partial charge in [-0.25, -0.2) is 14.9 Å². The van der Waals surface area contributed by atoms with Crippen molar-refractivity contribution in [3.63, 3.8) is 0 Å². The minimum absolute atomic E-state index is 0.170. The zero-order valence-corrected chi connectivity index (χ0v) is 11.2. The van der Waals surface area contributed by atoms with Crippen LogP contribution in [0.15, 0.2) is 33.3 Å². The summed E-state index contributed by atoms with van der Waals surface area (Å²) in [6.07, 6.45) is 3.16. The van der Waals surface area contributed by atoms with E-state index in [0.29, 0.717) is 5.16 Å². The lowest BCUT2D eigenvalue weighted by molar-refractivity contribution is 0.199. The van der Waals surface area contributed by atoms with E-state index >= 15 is 0 Å². The average Bonchev–Trinajstić information content (AvgIpc) is 3.15. The molecule has 0 aromatic carbocycles. The molecule has 1 atom stereocenters. The molecule has 100 valence electrons. The SMILES string of the molecule is C[C@@H](O)c1ccnc(Sc2n[nH]c(=O)n2C2CC2)c1. The van der Waals surface area contributed by atoms with Crippen molar-refractivity contribution < 1.29 is 5.11 Å². The van der Waals surface area contributed by atoms with Crippen LogP contribution in [0.1, 0.15) is 37.5 Å². The van der Waals surface area contributed by atoms with Gasteiger partial charge in [0.05, 0.1) is 6.10 Å². The molecule has 0 unspecified atom stereocenters. The minimum Gasteiger partial charge on any atom is -0.389 e. The summed E-state index contributed by atoms with van der Waals surface area (Å²) in [5.41, 5.74) is 0.630. The molecule has 0 saturated heterocycles. The normalized spacial score (nSPS) is 16.5. The van der Waals surface area contributed by atoms with Gasteiger partial charge in [-0.3, -0.25) is 4.57 Å². The van der Waals surface area contributed by atoms with Crippen molar-refractivity contribution in [2.75, 3.05) is 0 Å². The first kappa shape index (κ1) is 12.4. The van der Waals surface area contributed by atoms with Gasteiger partial charge in [-0.1, -0.05) is 0 Å². The summed E-state index contributed by atoms with van der Waals surface area (Å²) >= 11 is 1.33. The molecule has 7 heteroatoms. The monoisotopic (exact) mass is 278 g/mol. The quantitative estimate of drug-likeness (QED) is 0.885. The van der Waals surface area contributed by atoms with Gasteiger partial charge in [0.2, 0.25) is 0 Å². The predicted octanol–water partition coefficient (Wildman–Crippen LogP) is 1.51. The van der Waals surface area contributed by atoms with Crippen LogP contribution in [0.4, 0.5) is 0 Å². The van der Waals surface area contributed by atoms with E-state index in [1.54, 1.807) is 23.8 Å². The molecule has 1 aliphatic carbocycles. The minimum atomic E-state index is -0.535. The maximum atomic E-state index is 11.7. The Morgan fingerprint density at radius 3 is 3.05 bits per heavy atom. The molecule has 6 nitrogen and oxygen atoms in total. The van der Waals surface area contributed by atoms with Crippen LogP contribution in [-0.2, 0) is 0 Å². The van der Waals surface area contributed by atoms with Crippen LogP contribution in [0.3, 0.4) is 0 Å². The van der Waals surface area contributed by atoms with Crippen LogP contribution >= 0.6 is 11.8 Å². The first-order valence-electron chi connectivity index (χ1n) is 6.14. The molecule has 1 fully saturated rings. The van der Waals surface area contributed by atoms with Crippen LogP contribution in [0.2, 0.25) is 0 Å².